The van der Waals surface area contributed by atoms with E-state index in [0.29, 0.717) is 10.6 Å². The first-order valence-corrected chi connectivity index (χ1v) is 4.84. The zero-order chi connectivity index (χ0) is 10.1. The fourth-order valence-corrected chi connectivity index (χ4v) is 2.01. The molecule has 0 aliphatic heterocycles. The zero-order valence-electron chi connectivity index (χ0n) is 7.44. The van der Waals surface area contributed by atoms with Gasteiger partial charge in [-0.15, -0.1) is 0 Å². The third-order valence-corrected chi connectivity index (χ3v) is 2.61. The summed E-state index contributed by atoms with van der Waals surface area (Å²) in [5.41, 5.74) is 0.693. The third kappa shape index (κ3) is 1.67. The van der Waals surface area contributed by atoms with Crippen LogP contribution in [-0.4, -0.2) is 16.0 Å². The summed E-state index contributed by atoms with van der Waals surface area (Å²) in [6.45, 7) is 1.43. The normalized spacial score (nSPS) is 10.4. The number of hydrogen-bond donors (Lipinski definition) is 2. The number of carbonyl (C=O) groups excluding carboxylic acids is 1. The van der Waals surface area contributed by atoms with Crippen LogP contribution in [0.25, 0.3) is 10.2 Å². The average molecular weight is 208 g/mol. The molecule has 14 heavy (non-hydrogen) atoms. The molecule has 1 aromatic heterocycles. The van der Waals surface area contributed by atoms with Crippen LogP contribution in [0.3, 0.4) is 0 Å². The predicted molar refractivity (Wildman–Crippen MR) is 55.6 cm³/mol. The van der Waals surface area contributed by atoms with E-state index < -0.39 is 0 Å². The quantitative estimate of drug-likeness (QED) is 0.753. The number of nitrogens with zero attached hydrogens (tertiary/aromatic N) is 1. The van der Waals surface area contributed by atoms with E-state index in [1.165, 1.54) is 18.3 Å². The van der Waals surface area contributed by atoms with Crippen molar-refractivity contribution in [2.75, 3.05) is 5.32 Å². The molecular weight excluding hydrogens is 200 g/mol. The van der Waals surface area contributed by atoms with E-state index in [4.69, 9.17) is 0 Å². The smallest absolute Gasteiger partial charge is 0.223 e. The van der Waals surface area contributed by atoms with Gasteiger partial charge in [0.15, 0.2) is 5.13 Å². The number of phenols is 1. The molecule has 0 aliphatic rings. The summed E-state index contributed by atoms with van der Waals surface area (Å²) in [5, 5.41) is 12.4. The van der Waals surface area contributed by atoms with Gasteiger partial charge in [-0.3, -0.25) is 4.79 Å². The van der Waals surface area contributed by atoms with E-state index in [1.807, 2.05) is 0 Å². The number of aromatic nitrogens is 1. The van der Waals surface area contributed by atoms with Crippen LogP contribution in [0.5, 0.6) is 5.75 Å². The van der Waals surface area contributed by atoms with Crippen molar-refractivity contribution in [3.05, 3.63) is 18.2 Å². The molecule has 1 aromatic carbocycles. The van der Waals surface area contributed by atoms with Gasteiger partial charge in [0.25, 0.3) is 0 Å². The topological polar surface area (TPSA) is 62.2 Å². The zero-order valence-corrected chi connectivity index (χ0v) is 8.26. The fraction of sp³-hybridized carbons (Fsp3) is 0.111. The summed E-state index contributed by atoms with van der Waals surface area (Å²) < 4.78 is 0.937. The Morgan fingerprint density at radius 1 is 1.57 bits per heavy atom. The number of nitrogens with one attached hydrogen (secondary N) is 1. The molecule has 72 valence electrons. The minimum atomic E-state index is -0.145. The Labute approximate surface area is 84.2 Å². The number of fused-ring (bicyclic) bond motifs is 1. The minimum absolute atomic E-state index is 0.145. The van der Waals surface area contributed by atoms with E-state index in [2.05, 4.69) is 10.3 Å². The van der Waals surface area contributed by atoms with Gasteiger partial charge in [0, 0.05) is 13.0 Å². The molecule has 2 aromatic rings. The van der Waals surface area contributed by atoms with Gasteiger partial charge in [-0.1, -0.05) is 11.3 Å². The van der Waals surface area contributed by atoms with Crippen molar-refractivity contribution in [3.8, 4) is 5.75 Å². The number of phenolic OH excluding ortho intramolecular Hbond substituents is 1. The van der Waals surface area contributed by atoms with Crippen molar-refractivity contribution in [2.24, 2.45) is 0 Å². The Balaban J connectivity index is 2.46. The molecule has 0 unspecified atom stereocenters. The summed E-state index contributed by atoms with van der Waals surface area (Å²) in [6, 6.07) is 4.93. The molecule has 0 aliphatic carbocycles. The molecule has 1 amide bonds. The first-order valence-electron chi connectivity index (χ1n) is 4.02. The number of thiazole rings is 1. The lowest BCUT2D eigenvalue weighted by atomic mass is 10.3. The molecule has 2 N–H and O–H groups in total. The lowest BCUT2D eigenvalue weighted by Crippen LogP contribution is -2.04. The SMILES string of the molecule is CC(=O)Nc1nc2cc(O)ccc2s1. The molecule has 2 rings (SSSR count). The molecule has 5 heteroatoms. The van der Waals surface area contributed by atoms with Crippen molar-refractivity contribution < 1.29 is 9.90 Å². The van der Waals surface area contributed by atoms with Crippen LogP contribution in [0.4, 0.5) is 5.13 Å². The second-order valence-electron chi connectivity index (χ2n) is 2.85. The number of aromatic hydroxyl groups is 1. The number of benzene rings is 1. The lowest BCUT2D eigenvalue weighted by Gasteiger charge is -1.91. The summed E-state index contributed by atoms with van der Waals surface area (Å²) in [4.78, 5) is 14.9. The number of hydrogen-bond acceptors (Lipinski definition) is 4. The van der Waals surface area contributed by atoms with Gasteiger partial charge in [0.2, 0.25) is 5.91 Å². The van der Waals surface area contributed by atoms with E-state index in [9.17, 15) is 9.90 Å². The number of anilines is 1. The second kappa shape index (κ2) is 3.26. The van der Waals surface area contributed by atoms with Crippen LogP contribution in [-0.2, 0) is 4.79 Å². The fourth-order valence-electron chi connectivity index (χ4n) is 1.12. The molecule has 0 saturated carbocycles. The van der Waals surface area contributed by atoms with Gasteiger partial charge in [0.1, 0.15) is 5.75 Å². The van der Waals surface area contributed by atoms with E-state index in [1.54, 1.807) is 18.2 Å². The highest BCUT2D eigenvalue weighted by atomic mass is 32.1. The van der Waals surface area contributed by atoms with Crippen molar-refractivity contribution >= 4 is 32.6 Å². The summed E-state index contributed by atoms with van der Waals surface area (Å²) in [5.74, 6) is 0.0328. The number of carbonyl (C=O) groups is 1. The Kier molecular flexibility index (Phi) is 2.09. The van der Waals surface area contributed by atoms with Crippen molar-refractivity contribution in [1.29, 1.82) is 0 Å². The van der Waals surface area contributed by atoms with Crippen molar-refractivity contribution in [1.82, 2.24) is 4.98 Å². The summed E-state index contributed by atoms with van der Waals surface area (Å²) >= 11 is 1.38. The Hall–Kier alpha value is -1.62. The molecule has 0 radical (unpaired) electrons. The van der Waals surface area contributed by atoms with E-state index >= 15 is 0 Å². The van der Waals surface area contributed by atoms with Crippen molar-refractivity contribution in [3.63, 3.8) is 0 Å². The number of rotatable bonds is 1. The maximum atomic E-state index is 10.8. The Morgan fingerprint density at radius 3 is 3.07 bits per heavy atom. The molecular formula is C9H8N2O2S. The lowest BCUT2D eigenvalue weighted by molar-refractivity contribution is -0.114. The van der Waals surface area contributed by atoms with Gasteiger partial charge in [-0.05, 0) is 12.1 Å². The molecule has 4 nitrogen and oxygen atoms in total. The van der Waals surface area contributed by atoms with Crippen LogP contribution in [0.15, 0.2) is 18.2 Å². The maximum Gasteiger partial charge on any atom is 0.223 e. The molecule has 0 saturated heterocycles. The summed E-state index contributed by atoms with van der Waals surface area (Å²) in [7, 11) is 0. The maximum absolute atomic E-state index is 10.8. The molecule has 0 atom stereocenters. The Morgan fingerprint density at radius 2 is 2.36 bits per heavy atom. The van der Waals surface area contributed by atoms with Gasteiger partial charge >= 0.3 is 0 Å². The standard InChI is InChI=1S/C9H8N2O2S/c1-5(12)10-9-11-7-4-6(13)2-3-8(7)14-9/h2-4,13H,1H3,(H,10,11,12). The van der Waals surface area contributed by atoms with Gasteiger partial charge in [-0.2, -0.15) is 0 Å². The average Bonchev–Trinajstić information content (AvgIpc) is 2.44. The first-order chi connectivity index (χ1) is 6.65. The highest BCUT2D eigenvalue weighted by molar-refractivity contribution is 7.22. The molecule has 0 fully saturated rings. The van der Waals surface area contributed by atoms with Crippen LogP contribution < -0.4 is 5.32 Å². The van der Waals surface area contributed by atoms with Crippen LogP contribution in [0.2, 0.25) is 0 Å². The van der Waals surface area contributed by atoms with E-state index in [0.717, 1.165) is 4.70 Å². The highest BCUT2D eigenvalue weighted by Gasteiger charge is 2.04. The van der Waals surface area contributed by atoms with Crippen molar-refractivity contribution in [2.45, 2.75) is 6.92 Å². The number of amides is 1. The molecule has 0 bridgehead atoms. The largest absolute Gasteiger partial charge is 0.508 e. The van der Waals surface area contributed by atoms with Crippen LogP contribution in [0.1, 0.15) is 6.92 Å². The summed E-state index contributed by atoms with van der Waals surface area (Å²) in [6.07, 6.45) is 0. The van der Waals surface area contributed by atoms with Gasteiger partial charge in [0.05, 0.1) is 10.2 Å². The van der Waals surface area contributed by atoms with Gasteiger partial charge < -0.3 is 10.4 Å². The molecule has 1 heterocycles. The van der Waals surface area contributed by atoms with E-state index in [-0.39, 0.29) is 11.7 Å². The van der Waals surface area contributed by atoms with Crippen LogP contribution in [0, 0.1) is 0 Å². The second-order valence-corrected chi connectivity index (χ2v) is 3.88. The minimum Gasteiger partial charge on any atom is -0.508 e. The monoisotopic (exact) mass is 208 g/mol. The molecule has 0 spiro atoms. The highest BCUT2D eigenvalue weighted by Crippen LogP contribution is 2.28. The first kappa shape index (κ1) is 8.96. The van der Waals surface area contributed by atoms with Crippen LogP contribution >= 0.6 is 11.3 Å². The Bertz CT molecular complexity index is 493. The predicted octanol–water partition coefficient (Wildman–Crippen LogP) is 1.96. The third-order valence-electron chi connectivity index (χ3n) is 1.65. The van der Waals surface area contributed by atoms with Gasteiger partial charge in [-0.25, -0.2) is 4.98 Å².